The van der Waals surface area contributed by atoms with Crippen molar-refractivity contribution < 1.29 is 24.0 Å². The summed E-state index contributed by atoms with van der Waals surface area (Å²) in [6, 6.07) is 22.2. The van der Waals surface area contributed by atoms with Crippen LogP contribution in [0.1, 0.15) is 57.7 Å². The van der Waals surface area contributed by atoms with Gasteiger partial charge >= 0.3 is 12.1 Å². The van der Waals surface area contributed by atoms with Crippen molar-refractivity contribution in [2.24, 2.45) is 11.7 Å². The number of hydrogen-bond acceptors (Lipinski definition) is 5. The summed E-state index contributed by atoms with van der Waals surface area (Å²) in [4.78, 5) is 68.1. The van der Waals surface area contributed by atoms with Crippen molar-refractivity contribution >= 4 is 41.2 Å². The minimum absolute atomic E-state index is 0.0241. The van der Waals surface area contributed by atoms with Crippen LogP contribution < -0.4 is 21.7 Å². The average molecular weight is 613 g/mol. The maximum absolute atomic E-state index is 13.9. The summed E-state index contributed by atoms with van der Waals surface area (Å²) >= 11 is 0. The standard InChI is InChI=1S/C34H40N6O5/c1-22(2)19-28(30(42)38-27(20-29(35)41)24-11-7-5-8-12-24)40-31(43)34(3,4)39(33(40)45)21-23-15-17-26(18-16-23)37-32(44)36-25-13-9-6-10-14-25/h5-18,22,27-28H,19-21H2,1-4H3,(H2,35,41)(H,38,42)(H2,36,37,44)/t27?,28-/m0/s1. The van der Waals surface area contributed by atoms with Crippen molar-refractivity contribution in [2.45, 2.75) is 64.7 Å². The first kappa shape index (κ1) is 32.7. The van der Waals surface area contributed by atoms with Crippen LogP contribution in [-0.4, -0.2) is 51.2 Å². The van der Waals surface area contributed by atoms with Gasteiger partial charge in [-0.1, -0.05) is 74.5 Å². The maximum atomic E-state index is 13.9. The molecule has 3 aromatic rings. The summed E-state index contributed by atoms with van der Waals surface area (Å²) in [5, 5.41) is 8.39. The van der Waals surface area contributed by atoms with Gasteiger partial charge in [0.2, 0.25) is 11.8 Å². The lowest BCUT2D eigenvalue weighted by Gasteiger charge is -2.29. The average Bonchev–Trinajstić information content (AvgIpc) is 3.15. The third-order valence-electron chi connectivity index (χ3n) is 7.67. The molecule has 5 N–H and O–H groups in total. The number of benzene rings is 3. The third-order valence-corrected chi connectivity index (χ3v) is 7.67. The van der Waals surface area contributed by atoms with Gasteiger partial charge < -0.3 is 26.6 Å². The van der Waals surface area contributed by atoms with Crippen molar-refractivity contribution in [3.05, 3.63) is 96.1 Å². The number of amides is 7. The summed E-state index contributed by atoms with van der Waals surface area (Å²) in [5.74, 6) is -1.65. The number of imide groups is 1. The zero-order chi connectivity index (χ0) is 32.7. The fourth-order valence-electron chi connectivity index (χ4n) is 5.28. The van der Waals surface area contributed by atoms with Crippen LogP contribution in [0.2, 0.25) is 0 Å². The summed E-state index contributed by atoms with van der Waals surface area (Å²) in [6.45, 7) is 7.22. The third kappa shape index (κ3) is 8.05. The van der Waals surface area contributed by atoms with Crippen LogP contribution in [0.25, 0.3) is 0 Å². The van der Waals surface area contributed by atoms with Gasteiger partial charge in [0.05, 0.1) is 12.5 Å². The van der Waals surface area contributed by atoms with Crippen LogP contribution >= 0.6 is 0 Å². The lowest BCUT2D eigenvalue weighted by molar-refractivity contribution is -0.139. The number of urea groups is 2. The Morgan fingerprint density at radius 2 is 1.38 bits per heavy atom. The van der Waals surface area contributed by atoms with Crippen molar-refractivity contribution in [3.63, 3.8) is 0 Å². The molecule has 1 unspecified atom stereocenters. The van der Waals surface area contributed by atoms with Gasteiger partial charge in [-0.3, -0.25) is 14.4 Å². The molecule has 45 heavy (non-hydrogen) atoms. The Morgan fingerprint density at radius 1 is 0.822 bits per heavy atom. The molecule has 236 valence electrons. The number of nitrogens with zero attached hydrogens (tertiary/aromatic N) is 2. The predicted molar refractivity (Wildman–Crippen MR) is 172 cm³/mol. The minimum atomic E-state index is -1.23. The van der Waals surface area contributed by atoms with Gasteiger partial charge in [-0.15, -0.1) is 0 Å². The van der Waals surface area contributed by atoms with E-state index < -0.39 is 47.4 Å². The number of para-hydroxylation sites is 1. The molecule has 0 radical (unpaired) electrons. The minimum Gasteiger partial charge on any atom is -0.370 e. The van der Waals surface area contributed by atoms with E-state index in [1.165, 1.54) is 4.90 Å². The van der Waals surface area contributed by atoms with Gasteiger partial charge in [0, 0.05) is 17.9 Å². The van der Waals surface area contributed by atoms with E-state index in [-0.39, 0.29) is 25.3 Å². The molecule has 0 aliphatic carbocycles. The fraction of sp³-hybridized carbons (Fsp3) is 0.324. The molecule has 11 heteroatoms. The molecule has 2 atom stereocenters. The Morgan fingerprint density at radius 3 is 1.93 bits per heavy atom. The van der Waals surface area contributed by atoms with Gasteiger partial charge in [0.15, 0.2) is 0 Å². The number of anilines is 2. The first-order chi connectivity index (χ1) is 21.4. The Kier molecular flexibility index (Phi) is 10.2. The summed E-state index contributed by atoms with van der Waals surface area (Å²) in [5.41, 5.74) is 6.87. The van der Waals surface area contributed by atoms with Gasteiger partial charge in [-0.2, -0.15) is 0 Å². The second-order valence-electron chi connectivity index (χ2n) is 12.0. The normalized spacial score (nSPS) is 15.5. The van der Waals surface area contributed by atoms with E-state index >= 15 is 0 Å². The summed E-state index contributed by atoms with van der Waals surface area (Å²) in [7, 11) is 0. The molecule has 4 rings (SSSR count). The Balaban J connectivity index is 1.50. The van der Waals surface area contributed by atoms with Crippen molar-refractivity contribution in [2.75, 3.05) is 10.6 Å². The number of carbonyl (C=O) groups is 5. The number of carbonyl (C=O) groups excluding carboxylic acids is 5. The fourth-order valence-corrected chi connectivity index (χ4v) is 5.28. The highest BCUT2D eigenvalue weighted by Crippen LogP contribution is 2.33. The number of nitrogens with one attached hydrogen (secondary N) is 3. The smallest absolute Gasteiger partial charge is 0.328 e. The van der Waals surface area contributed by atoms with E-state index in [9.17, 15) is 24.0 Å². The van der Waals surface area contributed by atoms with Crippen LogP contribution in [0.4, 0.5) is 21.0 Å². The van der Waals surface area contributed by atoms with Crippen LogP contribution in [0.15, 0.2) is 84.9 Å². The van der Waals surface area contributed by atoms with Crippen LogP contribution in [0.3, 0.4) is 0 Å². The van der Waals surface area contributed by atoms with E-state index in [1.54, 1.807) is 74.5 Å². The molecule has 0 saturated carbocycles. The first-order valence-electron chi connectivity index (χ1n) is 14.9. The summed E-state index contributed by atoms with van der Waals surface area (Å²) < 4.78 is 0. The summed E-state index contributed by atoms with van der Waals surface area (Å²) in [6.07, 6.45) is 0.0964. The molecule has 1 aliphatic heterocycles. The lowest BCUT2D eigenvalue weighted by atomic mass is 9.98. The largest absolute Gasteiger partial charge is 0.370 e. The Hall–Kier alpha value is -5.19. The van der Waals surface area contributed by atoms with Gasteiger partial charge in [0.1, 0.15) is 11.6 Å². The number of primary amides is 1. The molecular formula is C34H40N6O5. The quantitative estimate of drug-likeness (QED) is 0.212. The van der Waals surface area contributed by atoms with Gasteiger partial charge in [-0.05, 0) is 61.6 Å². The highest BCUT2D eigenvalue weighted by atomic mass is 16.2. The molecule has 7 amide bonds. The van der Waals surface area contributed by atoms with Gasteiger partial charge in [0.25, 0.3) is 5.91 Å². The first-order valence-corrected chi connectivity index (χ1v) is 14.9. The highest BCUT2D eigenvalue weighted by Gasteiger charge is 2.54. The number of nitrogens with two attached hydrogens (primary N) is 1. The maximum Gasteiger partial charge on any atom is 0.328 e. The molecule has 11 nitrogen and oxygen atoms in total. The Bertz CT molecular complexity index is 1530. The van der Waals surface area contributed by atoms with Crippen molar-refractivity contribution in [1.29, 1.82) is 0 Å². The van der Waals surface area contributed by atoms with Crippen LogP contribution in [0.5, 0.6) is 0 Å². The van der Waals surface area contributed by atoms with Crippen LogP contribution in [-0.2, 0) is 20.9 Å². The topological polar surface area (TPSA) is 154 Å². The zero-order valence-corrected chi connectivity index (χ0v) is 25.9. The number of hydrogen-bond donors (Lipinski definition) is 4. The molecular weight excluding hydrogens is 572 g/mol. The molecule has 0 spiro atoms. The Labute approximate surface area is 263 Å². The van der Waals surface area contributed by atoms with Crippen LogP contribution in [0, 0.1) is 5.92 Å². The molecule has 1 fully saturated rings. The molecule has 1 saturated heterocycles. The van der Waals surface area contributed by atoms with E-state index in [4.69, 9.17) is 5.73 Å². The van der Waals surface area contributed by atoms with Crippen molar-refractivity contribution in [3.8, 4) is 0 Å². The highest BCUT2D eigenvalue weighted by molar-refractivity contribution is 6.09. The molecule has 3 aromatic carbocycles. The second-order valence-corrected chi connectivity index (χ2v) is 12.0. The second kappa shape index (κ2) is 14.1. The molecule has 1 aliphatic rings. The van der Waals surface area contributed by atoms with E-state index in [0.717, 1.165) is 10.5 Å². The van der Waals surface area contributed by atoms with Crippen molar-refractivity contribution in [1.82, 2.24) is 15.1 Å². The van der Waals surface area contributed by atoms with Gasteiger partial charge in [-0.25, -0.2) is 14.5 Å². The van der Waals surface area contributed by atoms with E-state index in [0.29, 0.717) is 16.9 Å². The molecule has 1 heterocycles. The predicted octanol–water partition coefficient (Wildman–Crippen LogP) is 5.02. The zero-order valence-electron chi connectivity index (χ0n) is 25.9. The number of rotatable bonds is 12. The SMILES string of the molecule is CC(C)C[C@@H](C(=O)NC(CC(N)=O)c1ccccc1)N1C(=O)N(Cc2ccc(NC(=O)Nc3ccccc3)cc2)C(C)(C)C1=O. The van der Waals surface area contributed by atoms with E-state index in [1.807, 2.05) is 38.1 Å². The lowest BCUT2D eigenvalue weighted by Crippen LogP contribution is -2.52. The molecule has 0 bridgehead atoms. The molecule has 0 aromatic heterocycles. The van der Waals surface area contributed by atoms with E-state index in [2.05, 4.69) is 16.0 Å². The monoisotopic (exact) mass is 612 g/mol.